The van der Waals surface area contributed by atoms with Crippen LogP contribution in [0.15, 0.2) is 11.2 Å². The zero-order valence-electron chi connectivity index (χ0n) is 12.4. The Labute approximate surface area is 120 Å². The van der Waals surface area contributed by atoms with Gasteiger partial charge in [-0.1, -0.05) is 13.8 Å². The minimum absolute atomic E-state index is 0.0364. The largest absolute Gasteiger partial charge is 0.348 e. The van der Waals surface area contributed by atoms with Crippen LogP contribution in [0.3, 0.4) is 0 Å². The van der Waals surface area contributed by atoms with Crippen LogP contribution in [-0.4, -0.2) is 60.7 Å². The Bertz CT molecular complexity index is 551. The number of carbonyl (C=O) groups excluding carboxylic acids is 1. The molecular weight excluding hydrogens is 280 g/mol. The fourth-order valence-electron chi connectivity index (χ4n) is 1.62. The molecule has 0 aliphatic rings. The van der Waals surface area contributed by atoms with Crippen molar-refractivity contribution in [2.24, 2.45) is 0 Å². The summed E-state index contributed by atoms with van der Waals surface area (Å²) in [6, 6.07) is 0. The number of imidazole rings is 1. The lowest BCUT2D eigenvalue weighted by Gasteiger charge is -2.21. The van der Waals surface area contributed by atoms with Crippen LogP contribution in [0.1, 0.15) is 26.1 Å². The molecule has 1 aromatic rings. The Morgan fingerprint density at radius 3 is 2.45 bits per heavy atom. The van der Waals surface area contributed by atoms with Crippen LogP contribution >= 0.6 is 0 Å². The van der Waals surface area contributed by atoms with Crippen LogP contribution in [0.5, 0.6) is 0 Å². The van der Waals surface area contributed by atoms with Gasteiger partial charge in [-0.2, -0.15) is 4.31 Å². The summed E-state index contributed by atoms with van der Waals surface area (Å²) in [4.78, 5) is 19.9. The molecule has 1 rings (SSSR count). The molecule has 0 radical (unpaired) electrons. The maximum absolute atomic E-state index is 12.5. The molecule has 0 spiro atoms. The van der Waals surface area contributed by atoms with Gasteiger partial charge in [0, 0.05) is 27.1 Å². The van der Waals surface area contributed by atoms with Crippen LogP contribution in [0.2, 0.25) is 0 Å². The summed E-state index contributed by atoms with van der Waals surface area (Å²) in [5, 5.41) is 0.0364. The second-order valence-electron chi connectivity index (χ2n) is 4.67. The third-order valence-electron chi connectivity index (χ3n) is 2.84. The molecule has 1 aromatic heterocycles. The monoisotopic (exact) mass is 302 g/mol. The molecule has 8 heteroatoms. The van der Waals surface area contributed by atoms with E-state index in [-0.39, 0.29) is 17.5 Å². The van der Waals surface area contributed by atoms with Gasteiger partial charge in [0.05, 0.1) is 12.7 Å². The average Bonchev–Trinajstić information content (AvgIpc) is 2.87. The summed E-state index contributed by atoms with van der Waals surface area (Å²) in [6.07, 6.45) is 2.56. The van der Waals surface area contributed by atoms with Crippen molar-refractivity contribution < 1.29 is 13.2 Å². The third-order valence-corrected chi connectivity index (χ3v) is 4.60. The lowest BCUT2D eigenvalue weighted by Crippen LogP contribution is -2.40. The first kappa shape index (κ1) is 16.6. The summed E-state index contributed by atoms with van der Waals surface area (Å²) in [7, 11) is -0.510. The Morgan fingerprint density at radius 2 is 2.00 bits per heavy atom. The highest BCUT2D eigenvalue weighted by atomic mass is 32.2. The van der Waals surface area contributed by atoms with E-state index >= 15 is 0 Å². The zero-order chi connectivity index (χ0) is 15.3. The van der Waals surface area contributed by atoms with Crippen molar-refractivity contribution in [3.63, 3.8) is 0 Å². The number of aromatic amines is 1. The van der Waals surface area contributed by atoms with E-state index in [0.717, 1.165) is 0 Å². The number of aryl methyl sites for hydroxylation is 1. The Balaban J connectivity index is 3.02. The highest BCUT2D eigenvalue weighted by molar-refractivity contribution is 7.89. The first-order valence-electron chi connectivity index (χ1n) is 6.57. The molecular formula is C12H22N4O3S. The van der Waals surface area contributed by atoms with Gasteiger partial charge in [0.25, 0.3) is 10.0 Å². The molecule has 20 heavy (non-hydrogen) atoms. The first-order valence-corrected chi connectivity index (χ1v) is 8.01. The third kappa shape index (κ3) is 3.80. The SMILES string of the molecule is CCCN(CC(=O)N(C)C)S(=O)(=O)c1cnc(CC)[nH]1. The smallest absolute Gasteiger partial charge is 0.260 e. The van der Waals surface area contributed by atoms with Crippen molar-refractivity contribution in [1.82, 2.24) is 19.2 Å². The highest BCUT2D eigenvalue weighted by Crippen LogP contribution is 2.14. The lowest BCUT2D eigenvalue weighted by molar-refractivity contribution is -0.128. The molecule has 0 saturated heterocycles. The van der Waals surface area contributed by atoms with Gasteiger partial charge in [-0.05, 0) is 6.42 Å². The number of H-pyrrole nitrogens is 1. The molecule has 1 N–H and O–H groups in total. The molecule has 0 aliphatic carbocycles. The first-order chi connectivity index (χ1) is 9.32. The number of carbonyl (C=O) groups is 1. The van der Waals surface area contributed by atoms with E-state index in [0.29, 0.717) is 25.2 Å². The van der Waals surface area contributed by atoms with E-state index in [4.69, 9.17) is 0 Å². The number of nitrogens with zero attached hydrogens (tertiary/aromatic N) is 3. The zero-order valence-corrected chi connectivity index (χ0v) is 13.2. The second-order valence-corrected chi connectivity index (χ2v) is 6.58. The molecule has 7 nitrogen and oxygen atoms in total. The van der Waals surface area contributed by atoms with Gasteiger partial charge in [0.1, 0.15) is 5.82 Å². The van der Waals surface area contributed by atoms with E-state index in [2.05, 4.69) is 9.97 Å². The second kappa shape index (κ2) is 6.85. The number of nitrogens with one attached hydrogen (secondary N) is 1. The number of hydrogen-bond acceptors (Lipinski definition) is 4. The van der Waals surface area contributed by atoms with Crippen LogP contribution in [0.25, 0.3) is 0 Å². The van der Waals surface area contributed by atoms with Gasteiger partial charge in [-0.15, -0.1) is 0 Å². The van der Waals surface area contributed by atoms with Gasteiger partial charge in [-0.3, -0.25) is 4.79 Å². The van der Waals surface area contributed by atoms with Crippen LogP contribution < -0.4 is 0 Å². The van der Waals surface area contributed by atoms with Crippen molar-refractivity contribution >= 4 is 15.9 Å². The minimum Gasteiger partial charge on any atom is -0.348 e. The molecule has 1 amide bonds. The quantitative estimate of drug-likeness (QED) is 0.793. The summed E-state index contributed by atoms with van der Waals surface area (Å²) in [5.74, 6) is 0.358. The van der Waals surface area contributed by atoms with Crippen molar-refractivity contribution in [2.75, 3.05) is 27.2 Å². The fraction of sp³-hybridized carbons (Fsp3) is 0.667. The van der Waals surface area contributed by atoms with E-state index in [1.807, 2.05) is 13.8 Å². The predicted octanol–water partition coefficient (Wildman–Crippen LogP) is 0.461. The number of sulfonamides is 1. The summed E-state index contributed by atoms with van der Waals surface area (Å²) >= 11 is 0. The highest BCUT2D eigenvalue weighted by Gasteiger charge is 2.28. The molecule has 0 fully saturated rings. The van der Waals surface area contributed by atoms with E-state index in [1.165, 1.54) is 15.4 Å². The number of rotatable bonds is 7. The Morgan fingerprint density at radius 1 is 1.35 bits per heavy atom. The summed E-state index contributed by atoms with van der Waals surface area (Å²) in [5.41, 5.74) is 0. The van der Waals surface area contributed by atoms with Crippen LogP contribution in [0, 0.1) is 0 Å². The number of aromatic nitrogens is 2. The number of likely N-dealkylation sites (N-methyl/N-ethyl adjacent to an activating group) is 1. The Hall–Kier alpha value is -1.41. The van der Waals surface area contributed by atoms with Crippen molar-refractivity contribution in [2.45, 2.75) is 31.7 Å². The topological polar surface area (TPSA) is 86.4 Å². The van der Waals surface area contributed by atoms with Gasteiger partial charge in [-0.25, -0.2) is 13.4 Å². The molecule has 0 aliphatic heterocycles. The van der Waals surface area contributed by atoms with Gasteiger partial charge < -0.3 is 9.88 Å². The molecule has 114 valence electrons. The number of amides is 1. The van der Waals surface area contributed by atoms with Gasteiger partial charge in [0.2, 0.25) is 5.91 Å². The van der Waals surface area contributed by atoms with Gasteiger partial charge >= 0.3 is 0 Å². The normalized spacial score (nSPS) is 11.8. The van der Waals surface area contributed by atoms with Crippen molar-refractivity contribution in [3.05, 3.63) is 12.0 Å². The molecule has 0 atom stereocenters. The summed E-state index contributed by atoms with van der Waals surface area (Å²) in [6.45, 7) is 3.88. The molecule has 1 heterocycles. The van der Waals surface area contributed by atoms with E-state index < -0.39 is 10.0 Å². The summed E-state index contributed by atoms with van der Waals surface area (Å²) < 4.78 is 26.2. The molecule has 0 unspecified atom stereocenters. The van der Waals surface area contributed by atoms with Crippen molar-refractivity contribution in [3.8, 4) is 0 Å². The molecule has 0 saturated carbocycles. The molecule has 0 bridgehead atoms. The lowest BCUT2D eigenvalue weighted by atomic mass is 10.4. The van der Waals surface area contributed by atoms with Crippen LogP contribution in [0.4, 0.5) is 0 Å². The maximum Gasteiger partial charge on any atom is 0.260 e. The average molecular weight is 302 g/mol. The maximum atomic E-state index is 12.5. The standard InChI is InChI=1S/C12H22N4O3S/c1-5-7-16(9-12(17)15(3)4)20(18,19)11-8-13-10(6-2)14-11/h8H,5-7,9H2,1-4H3,(H,13,14). The van der Waals surface area contributed by atoms with E-state index in [1.54, 1.807) is 14.1 Å². The van der Waals surface area contributed by atoms with Crippen LogP contribution in [-0.2, 0) is 21.2 Å². The minimum atomic E-state index is -3.71. The fourth-order valence-corrected chi connectivity index (χ4v) is 3.03. The Kier molecular flexibility index (Phi) is 5.70. The van der Waals surface area contributed by atoms with E-state index in [9.17, 15) is 13.2 Å². The number of hydrogen-bond donors (Lipinski definition) is 1. The van der Waals surface area contributed by atoms with Crippen molar-refractivity contribution in [1.29, 1.82) is 0 Å². The predicted molar refractivity (Wildman–Crippen MR) is 75.7 cm³/mol. The molecule has 0 aromatic carbocycles. The van der Waals surface area contributed by atoms with Gasteiger partial charge in [0.15, 0.2) is 5.03 Å².